The molecule has 3 fully saturated rings. The molecule has 4 aliphatic rings. The first-order valence-electron chi connectivity index (χ1n) is 11.3. The monoisotopic (exact) mass is 414 g/mol. The van der Waals surface area contributed by atoms with Crippen molar-refractivity contribution in [3.05, 3.63) is 24.3 Å². The average molecular weight is 415 g/mol. The molecule has 0 radical (unpaired) electrons. The molecule has 4 aliphatic carbocycles. The van der Waals surface area contributed by atoms with Gasteiger partial charge >= 0.3 is 11.9 Å². The maximum atomic E-state index is 12.1. The van der Waals surface area contributed by atoms with Gasteiger partial charge in [0.25, 0.3) is 0 Å². The molecule has 8 atom stereocenters. The highest BCUT2D eigenvalue weighted by Gasteiger charge is 2.65. The fraction of sp³-hybridized carbons (Fsp3) is 0.720. The lowest BCUT2D eigenvalue weighted by Crippen LogP contribution is -2.59. The molecular formula is C25H34O5. The first kappa shape index (κ1) is 21.3. The van der Waals surface area contributed by atoms with Gasteiger partial charge in [-0.15, -0.1) is 6.58 Å². The van der Waals surface area contributed by atoms with Crippen LogP contribution in [0.1, 0.15) is 66.2 Å². The summed E-state index contributed by atoms with van der Waals surface area (Å²) in [6.07, 6.45) is 8.17. The summed E-state index contributed by atoms with van der Waals surface area (Å²) in [6.45, 7) is 11.6. The molecule has 0 amide bonds. The van der Waals surface area contributed by atoms with Crippen LogP contribution < -0.4 is 0 Å². The van der Waals surface area contributed by atoms with Gasteiger partial charge in [-0.05, 0) is 60.8 Å². The van der Waals surface area contributed by atoms with Crippen molar-refractivity contribution < 1.29 is 23.9 Å². The molecular weight excluding hydrogens is 380 g/mol. The Balaban J connectivity index is 1.80. The van der Waals surface area contributed by atoms with Crippen molar-refractivity contribution in [2.24, 2.45) is 34.5 Å². The number of hydrogen-bond donors (Lipinski definition) is 0. The summed E-state index contributed by atoms with van der Waals surface area (Å²) in [7, 11) is 0. The van der Waals surface area contributed by atoms with Gasteiger partial charge in [-0.2, -0.15) is 0 Å². The zero-order valence-corrected chi connectivity index (χ0v) is 18.6. The summed E-state index contributed by atoms with van der Waals surface area (Å²) in [5.74, 6) is 0.539. The van der Waals surface area contributed by atoms with E-state index in [0.717, 1.165) is 32.1 Å². The van der Waals surface area contributed by atoms with Crippen LogP contribution in [0.3, 0.4) is 0 Å². The topological polar surface area (TPSA) is 69.7 Å². The SMILES string of the molecule is C=C[C@H]1CC(OC(C)=O)C2[C@@H]3CCC4=CC(=O)CC[C@]4(C)C3C(OC(C)=O)C[C@@]21C. The Morgan fingerprint density at radius 1 is 1.10 bits per heavy atom. The van der Waals surface area contributed by atoms with Crippen molar-refractivity contribution in [3.8, 4) is 0 Å². The quantitative estimate of drug-likeness (QED) is 0.506. The summed E-state index contributed by atoms with van der Waals surface area (Å²) < 4.78 is 11.9. The van der Waals surface area contributed by atoms with Gasteiger partial charge in [0.2, 0.25) is 0 Å². The standard InChI is InChI=1S/C25H34O5/c1-6-16-12-20(29-14(2)26)22-19-8-7-17-11-18(28)9-10-24(17,4)23(19)21(30-15(3)27)13-25(16,22)5/h6,11,16,19-23H,1,7-10,12-13H2,2-5H3/t16-,19-,20?,21?,22?,23?,24-,25+/m0/s1. The van der Waals surface area contributed by atoms with E-state index < -0.39 is 0 Å². The maximum absolute atomic E-state index is 12.1. The number of allylic oxidation sites excluding steroid dienone is 2. The van der Waals surface area contributed by atoms with Crippen LogP contribution in [0.4, 0.5) is 0 Å². The Labute approximate surface area is 179 Å². The van der Waals surface area contributed by atoms with E-state index in [-0.39, 0.29) is 64.4 Å². The smallest absolute Gasteiger partial charge is 0.302 e. The molecule has 0 saturated heterocycles. The number of hydrogen-bond acceptors (Lipinski definition) is 5. The molecule has 4 unspecified atom stereocenters. The van der Waals surface area contributed by atoms with E-state index in [1.807, 2.05) is 12.2 Å². The van der Waals surface area contributed by atoms with E-state index in [2.05, 4.69) is 20.4 Å². The van der Waals surface area contributed by atoms with Crippen LogP contribution in [-0.4, -0.2) is 29.9 Å². The third kappa shape index (κ3) is 3.16. The van der Waals surface area contributed by atoms with Gasteiger partial charge in [0, 0.05) is 32.1 Å². The van der Waals surface area contributed by atoms with Crippen molar-refractivity contribution in [3.63, 3.8) is 0 Å². The number of ketones is 1. The number of carbonyl (C=O) groups excluding carboxylic acids is 3. The highest BCUT2D eigenvalue weighted by molar-refractivity contribution is 5.91. The molecule has 0 N–H and O–H groups in total. The van der Waals surface area contributed by atoms with Crippen LogP contribution >= 0.6 is 0 Å². The third-order valence-corrected chi connectivity index (χ3v) is 8.82. The number of carbonyl (C=O) groups is 3. The molecule has 0 aromatic carbocycles. The number of rotatable bonds is 3. The highest BCUT2D eigenvalue weighted by Crippen LogP contribution is 2.67. The second-order valence-corrected chi connectivity index (χ2v) is 10.4. The molecule has 0 aromatic heterocycles. The average Bonchev–Trinajstić information content (AvgIpc) is 2.92. The summed E-state index contributed by atoms with van der Waals surface area (Å²) in [6, 6.07) is 0. The van der Waals surface area contributed by atoms with Gasteiger partial charge in [-0.1, -0.05) is 25.5 Å². The van der Waals surface area contributed by atoms with E-state index in [4.69, 9.17) is 9.47 Å². The second kappa shape index (κ2) is 7.35. The first-order valence-corrected chi connectivity index (χ1v) is 11.3. The molecule has 0 bridgehead atoms. The maximum Gasteiger partial charge on any atom is 0.302 e. The zero-order chi connectivity index (χ0) is 21.8. The summed E-state index contributed by atoms with van der Waals surface area (Å²) in [5.41, 5.74) is 0.916. The minimum atomic E-state index is -0.253. The van der Waals surface area contributed by atoms with Crippen molar-refractivity contribution >= 4 is 17.7 Å². The van der Waals surface area contributed by atoms with Crippen LogP contribution in [0, 0.1) is 34.5 Å². The van der Waals surface area contributed by atoms with Gasteiger partial charge in [0.15, 0.2) is 5.78 Å². The molecule has 5 heteroatoms. The normalized spacial score (nSPS) is 44.8. The highest BCUT2D eigenvalue weighted by atomic mass is 16.5. The Bertz CT molecular complexity index is 812. The van der Waals surface area contributed by atoms with Crippen molar-refractivity contribution in [1.82, 2.24) is 0 Å². The molecule has 3 saturated carbocycles. The molecule has 0 aromatic rings. The number of fused-ring (bicyclic) bond motifs is 5. The predicted octanol–water partition coefficient (Wildman–Crippen LogP) is 4.40. The van der Waals surface area contributed by atoms with E-state index >= 15 is 0 Å². The number of esters is 2. The van der Waals surface area contributed by atoms with E-state index in [9.17, 15) is 14.4 Å². The van der Waals surface area contributed by atoms with Crippen LogP contribution in [0.25, 0.3) is 0 Å². The van der Waals surface area contributed by atoms with Crippen LogP contribution in [-0.2, 0) is 23.9 Å². The minimum Gasteiger partial charge on any atom is -0.462 e. The largest absolute Gasteiger partial charge is 0.462 e. The third-order valence-electron chi connectivity index (χ3n) is 8.82. The predicted molar refractivity (Wildman–Crippen MR) is 112 cm³/mol. The van der Waals surface area contributed by atoms with E-state index in [1.165, 1.54) is 19.4 Å². The molecule has 30 heavy (non-hydrogen) atoms. The Hall–Kier alpha value is -1.91. The van der Waals surface area contributed by atoms with Gasteiger partial charge in [-0.25, -0.2) is 0 Å². The molecule has 0 heterocycles. The van der Waals surface area contributed by atoms with Crippen LogP contribution in [0.2, 0.25) is 0 Å². The van der Waals surface area contributed by atoms with E-state index in [0.29, 0.717) is 6.42 Å². The Morgan fingerprint density at radius 2 is 1.77 bits per heavy atom. The molecule has 0 aliphatic heterocycles. The molecule has 164 valence electrons. The fourth-order valence-corrected chi connectivity index (χ4v) is 7.76. The summed E-state index contributed by atoms with van der Waals surface area (Å²) >= 11 is 0. The fourth-order valence-electron chi connectivity index (χ4n) is 7.76. The van der Waals surface area contributed by atoms with Crippen molar-refractivity contribution in [2.75, 3.05) is 0 Å². The van der Waals surface area contributed by atoms with Crippen LogP contribution in [0.5, 0.6) is 0 Å². The molecule has 0 spiro atoms. The second-order valence-electron chi connectivity index (χ2n) is 10.4. The molecule has 4 rings (SSSR count). The van der Waals surface area contributed by atoms with Crippen LogP contribution in [0.15, 0.2) is 24.3 Å². The lowest BCUT2D eigenvalue weighted by molar-refractivity contribution is -0.183. The number of ether oxygens (including phenoxy) is 2. The minimum absolute atomic E-state index is 0.134. The lowest BCUT2D eigenvalue weighted by atomic mass is 9.45. The molecule has 5 nitrogen and oxygen atoms in total. The van der Waals surface area contributed by atoms with Gasteiger partial charge < -0.3 is 9.47 Å². The van der Waals surface area contributed by atoms with E-state index in [1.54, 1.807) is 0 Å². The summed E-state index contributed by atoms with van der Waals surface area (Å²) in [4.78, 5) is 36.1. The van der Waals surface area contributed by atoms with Crippen molar-refractivity contribution in [2.45, 2.75) is 78.4 Å². The Morgan fingerprint density at radius 3 is 2.40 bits per heavy atom. The zero-order valence-electron chi connectivity index (χ0n) is 18.6. The van der Waals surface area contributed by atoms with Gasteiger partial charge in [-0.3, -0.25) is 14.4 Å². The van der Waals surface area contributed by atoms with Gasteiger partial charge in [0.1, 0.15) is 12.2 Å². The van der Waals surface area contributed by atoms with Crippen molar-refractivity contribution in [1.29, 1.82) is 0 Å². The Kier molecular flexibility index (Phi) is 5.22. The van der Waals surface area contributed by atoms with Gasteiger partial charge in [0.05, 0.1) is 0 Å². The lowest BCUT2D eigenvalue weighted by Gasteiger charge is -2.60. The first-order chi connectivity index (χ1) is 14.1. The summed E-state index contributed by atoms with van der Waals surface area (Å²) in [5, 5.41) is 0.